The summed E-state index contributed by atoms with van der Waals surface area (Å²) in [4.78, 5) is 4.11. The summed E-state index contributed by atoms with van der Waals surface area (Å²) in [5.74, 6) is 2.42. The molecule has 1 aliphatic rings. The van der Waals surface area contributed by atoms with Crippen molar-refractivity contribution in [3.05, 3.63) is 84.2 Å². The lowest BCUT2D eigenvalue weighted by Crippen LogP contribution is -2.09. The molecule has 136 valence electrons. The molecule has 0 saturated heterocycles. The van der Waals surface area contributed by atoms with Crippen LogP contribution in [-0.4, -0.2) is 17.8 Å². The number of ether oxygens (including phenoxy) is 2. The van der Waals surface area contributed by atoms with E-state index in [9.17, 15) is 0 Å². The number of rotatable bonds is 7. The molecule has 0 spiro atoms. The van der Waals surface area contributed by atoms with Gasteiger partial charge in [0.25, 0.3) is 0 Å². The molecule has 5 nitrogen and oxygen atoms in total. The van der Waals surface area contributed by atoms with Gasteiger partial charge in [0.05, 0.1) is 12.6 Å². The zero-order valence-corrected chi connectivity index (χ0v) is 14.9. The molecule has 4 rings (SSSR count). The highest BCUT2D eigenvalue weighted by atomic mass is 16.5. The molecule has 0 saturated carbocycles. The first-order valence-electron chi connectivity index (χ1n) is 9.03. The van der Waals surface area contributed by atoms with E-state index in [2.05, 4.69) is 27.6 Å². The van der Waals surface area contributed by atoms with Crippen molar-refractivity contribution in [2.75, 3.05) is 6.61 Å². The molecule has 1 aromatic heterocycles. The van der Waals surface area contributed by atoms with Crippen LogP contribution in [0.25, 0.3) is 0 Å². The highest BCUT2D eigenvalue weighted by Crippen LogP contribution is 2.26. The van der Waals surface area contributed by atoms with E-state index in [0.717, 1.165) is 30.1 Å². The van der Waals surface area contributed by atoms with Gasteiger partial charge >= 0.3 is 0 Å². The van der Waals surface area contributed by atoms with Crippen molar-refractivity contribution in [1.82, 2.24) is 10.4 Å². The largest absolute Gasteiger partial charge is 0.493 e. The van der Waals surface area contributed by atoms with E-state index in [-0.39, 0.29) is 6.04 Å². The van der Waals surface area contributed by atoms with Gasteiger partial charge in [0.15, 0.2) is 0 Å². The summed E-state index contributed by atoms with van der Waals surface area (Å²) in [6, 6.07) is 20.0. The molecule has 3 aromatic rings. The fourth-order valence-electron chi connectivity index (χ4n) is 2.91. The molecule has 5 heteroatoms. The predicted octanol–water partition coefficient (Wildman–Crippen LogP) is 4.52. The van der Waals surface area contributed by atoms with Gasteiger partial charge in [-0.15, -0.1) is 0 Å². The van der Waals surface area contributed by atoms with Crippen molar-refractivity contribution < 1.29 is 9.47 Å². The first-order valence-corrected chi connectivity index (χ1v) is 9.03. The van der Waals surface area contributed by atoms with Crippen molar-refractivity contribution in [1.29, 1.82) is 0 Å². The summed E-state index contributed by atoms with van der Waals surface area (Å²) in [5.41, 5.74) is 5.46. The zero-order valence-electron chi connectivity index (χ0n) is 14.9. The van der Waals surface area contributed by atoms with Crippen molar-refractivity contribution in [2.45, 2.75) is 18.9 Å². The minimum absolute atomic E-state index is 0.266. The third kappa shape index (κ3) is 4.64. The summed E-state index contributed by atoms with van der Waals surface area (Å²) in [7, 11) is 0. The van der Waals surface area contributed by atoms with E-state index in [4.69, 9.17) is 9.47 Å². The minimum Gasteiger partial charge on any atom is -0.493 e. The van der Waals surface area contributed by atoms with Gasteiger partial charge in [0.1, 0.15) is 17.2 Å². The van der Waals surface area contributed by atoms with Gasteiger partial charge in [-0.05, 0) is 53.6 Å². The van der Waals surface area contributed by atoms with Crippen LogP contribution in [0, 0.1) is 0 Å². The van der Waals surface area contributed by atoms with Crippen LogP contribution in [0.1, 0.15) is 23.6 Å². The number of hydrazone groups is 1. The molecule has 0 radical (unpaired) electrons. The highest BCUT2D eigenvalue weighted by Gasteiger charge is 2.12. The van der Waals surface area contributed by atoms with Crippen LogP contribution in [0.5, 0.6) is 17.2 Å². The molecule has 2 aromatic carbocycles. The maximum Gasteiger partial charge on any atom is 0.127 e. The predicted molar refractivity (Wildman–Crippen MR) is 105 cm³/mol. The summed E-state index contributed by atoms with van der Waals surface area (Å²) in [6.07, 6.45) is 7.29. The second-order valence-electron chi connectivity index (χ2n) is 6.33. The fraction of sp³-hybridized carbons (Fsp3) is 0.182. The Labute approximate surface area is 158 Å². The number of benzene rings is 2. The van der Waals surface area contributed by atoms with Gasteiger partial charge < -0.3 is 14.9 Å². The summed E-state index contributed by atoms with van der Waals surface area (Å²) < 4.78 is 11.7. The fourth-order valence-corrected chi connectivity index (χ4v) is 2.91. The number of nitrogens with one attached hydrogen (secondary N) is 1. The van der Waals surface area contributed by atoms with E-state index >= 15 is 0 Å². The smallest absolute Gasteiger partial charge is 0.127 e. The van der Waals surface area contributed by atoms with Gasteiger partial charge in [0, 0.05) is 31.4 Å². The van der Waals surface area contributed by atoms with Gasteiger partial charge in [-0.2, -0.15) is 5.10 Å². The van der Waals surface area contributed by atoms with Crippen molar-refractivity contribution in [3.63, 3.8) is 0 Å². The highest BCUT2D eigenvalue weighted by molar-refractivity contribution is 5.60. The Bertz CT molecular complexity index is 870. The quantitative estimate of drug-likeness (QED) is 0.674. The topological polar surface area (TPSA) is 55.7 Å². The van der Waals surface area contributed by atoms with Crippen molar-refractivity contribution in [3.8, 4) is 17.2 Å². The Balaban J connectivity index is 1.28. The second-order valence-corrected chi connectivity index (χ2v) is 6.33. The number of pyridine rings is 1. The van der Waals surface area contributed by atoms with Gasteiger partial charge in [0.2, 0.25) is 0 Å². The SMILES string of the molecule is C1=NNC(c2ccc(Oc3ccc(OCCc4cccnc4)cc3)cc2)C1. The lowest BCUT2D eigenvalue weighted by atomic mass is 10.1. The molecule has 0 bridgehead atoms. The molecule has 2 heterocycles. The van der Waals surface area contributed by atoms with Gasteiger partial charge in [-0.3, -0.25) is 4.98 Å². The van der Waals surface area contributed by atoms with E-state index in [1.165, 1.54) is 11.1 Å². The molecule has 0 fully saturated rings. The van der Waals surface area contributed by atoms with E-state index in [1.807, 2.05) is 60.9 Å². The average Bonchev–Trinajstić information content (AvgIpc) is 3.26. The maximum absolute atomic E-state index is 5.91. The molecule has 1 atom stereocenters. The standard InChI is InChI=1S/C22H21N3O2/c1-2-17(16-23-13-1)12-15-26-19-7-9-21(10-8-19)27-20-5-3-18(4-6-20)22-11-14-24-25-22/h1-10,13-14,16,22,25H,11-12,15H2. The van der Waals surface area contributed by atoms with Gasteiger partial charge in [-0.25, -0.2) is 0 Å². The number of hydrogen-bond donors (Lipinski definition) is 1. The van der Waals surface area contributed by atoms with Gasteiger partial charge in [-0.1, -0.05) is 18.2 Å². The average molecular weight is 359 g/mol. The van der Waals surface area contributed by atoms with Crippen molar-refractivity contribution >= 4 is 6.21 Å². The maximum atomic E-state index is 5.91. The van der Waals surface area contributed by atoms with E-state index < -0.39 is 0 Å². The molecular formula is C22H21N3O2. The number of hydrogen-bond acceptors (Lipinski definition) is 5. The lowest BCUT2D eigenvalue weighted by molar-refractivity contribution is 0.321. The first-order chi connectivity index (χ1) is 13.4. The molecule has 27 heavy (non-hydrogen) atoms. The second kappa shape index (κ2) is 8.36. The monoisotopic (exact) mass is 359 g/mol. The minimum atomic E-state index is 0.266. The Morgan fingerprint density at radius 1 is 0.926 bits per heavy atom. The lowest BCUT2D eigenvalue weighted by Gasteiger charge is -2.12. The summed E-state index contributed by atoms with van der Waals surface area (Å²) in [5, 5.41) is 4.06. The Hall–Kier alpha value is -3.34. The molecular weight excluding hydrogens is 338 g/mol. The Morgan fingerprint density at radius 3 is 2.33 bits per heavy atom. The van der Waals surface area contributed by atoms with Crippen LogP contribution in [0.15, 0.2) is 78.2 Å². The third-order valence-corrected chi connectivity index (χ3v) is 4.39. The number of nitrogens with zero attached hydrogens (tertiary/aromatic N) is 2. The van der Waals surface area contributed by atoms with Crippen LogP contribution in [0.4, 0.5) is 0 Å². The molecule has 0 amide bonds. The first kappa shape index (κ1) is 17.1. The van der Waals surface area contributed by atoms with Crippen LogP contribution >= 0.6 is 0 Å². The molecule has 1 N–H and O–H groups in total. The van der Waals surface area contributed by atoms with E-state index in [0.29, 0.717) is 6.61 Å². The third-order valence-electron chi connectivity index (χ3n) is 4.39. The van der Waals surface area contributed by atoms with Crippen LogP contribution in [0.2, 0.25) is 0 Å². The summed E-state index contributed by atoms with van der Waals surface area (Å²) in [6.45, 7) is 0.617. The summed E-state index contributed by atoms with van der Waals surface area (Å²) >= 11 is 0. The normalized spacial score (nSPS) is 15.3. The zero-order chi connectivity index (χ0) is 18.3. The Kier molecular flexibility index (Phi) is 5.29. The Morgan fingerprint density at radius 2 is 1.67 bits per heavy atom. The van der Waals surface area contributed by atoms with Crippen LogP contribution in [0.3, 0.4) is 0 Å². The molecule has 1 aliphatic heterocycles. The van der Waals surface area contributed by atoms with E-state index in [1.54, 1.807) is 6.20 Å². The molecule has 1 unspecified atom stereocenters. The number of aromatic nitrogens is 1. The molecule has 0 aliphatic carbocycles. The van der Waals surface area contributed by atoms with Crippen LogP contribution < -0.4 is 14.9 Å². The van der Waals surface area contributed by atoms with Crippen molar-refractivity contribution in [2.24, 2.45) is 5.10 Å². The van der Waals surface area contributed by atoms with Crippen LogP contribution in [-0.2, 0) is 6.42 Å².